The lowest BCUT2D eigenvalue weighted by Gasteiger charge is -2.27. The summed E-state index contributed by atoms with van der Waals surface area (Å²) < 4.78 is 5.02. The van der Waals surface area contributed by atoms with E-state index in [0.717, 1.165) is 16.3 Å². The molecule has 1 atom stereocenters. The summed E-state index contributed by atoms with van der Waals surface area (Å²) in [4.78, 5) is 16.3. The van der Waals surface area contributed by atoms with Gasteiger partial charge in [-0.15, -0.1) is 11.3 Å². The van der Waals surface area contributed by atoms with Crippen LogP contribution in [0.1, 0.15) is 26.5 Å². The Morgan fingerprint density at radius 3 is 2.95 bits per heavy atom. The van der Waals surface area contributed by atoms with Crippen LogP contribution in [0.3, 0.4) is 0 Å². The van der Waals surface area contributed by atoms with Crippen LogP contribution in [0.25, 0.3) is 10.6 Å². The Morgan fingerprint density at radius 1 is 1.57 bits per heavy atom. The fourth-order valence-electron chi connectivity index (χ4n) is 1.62. The lowest BCUT2D eigenvalue weighted by Crippen LogP contribution is -2.44. The first kappa shape index (κ1) is 15.7. The molecule has 0 aromatic carbocycles. The summed E-state index contributed by atoms with van der Waals surface area (Å²) in [5.41, 5.74) is 0.729. The maximum Gasteiger partial charge on any atom is 0.226 e. The Labute approximate surface area is 128 Å². The van der Waals surface area contributed by atoms with E-state index in [1.165, 1.54) is 11.3 Å². The molecule has 21 heavy (non-hydrogen) atoms. The van der Waals surface area contributed by atoms with E-state index in [0.29, 0.717) is 0 Å². The van der Waals surface area contributed by atoms with Crippen molar-refractivity contribution in [3.8, 4) is 10.6 Å². The zero-order valence-corrected chi connectivity index (χ0v) is 13.2. The number of furan rings is 1. The third-order valence-electron chi connectivity index (χ3n) is 3.55. The van der Waals surface area contributed by atoms with Crippen molar-refractivity contribution in [3.05, 3.63) is 29.7 Å². The fourth-order valence-corrected chi connectivity index (χ4v) is 2.42. The van der Waals surface area contributed by atoms with Crippen molar-refractivity contribution < 1.29 is 14.3 Å². The van der Waals surface area contributed by atoms with Gasteiger partial charge in [-0.1, -0.05) is 13.8 Å². The van der Waals surface area contributed by atoms with E-state index in [9.17, 15) is 9.90 Å². The zero-order valence-electron chi connectivity index (χ0n) is 12.4. The number of thiazole rings is 1. The predicted molar refractivity (Wildman–Crippen MR) is 82.0 cm³/mol. The van der Waals surface area contributed by atoms with Gasteiger partial charge in [-0.2, -0.15) is 0 Å². The molecule has 2 aromatic heterocycles. The van der Waals surface area contributed by atoms with Gasteiger partial charge in [0.25, 0.3) is 0 Å². The summed E-state index contributed by atoms with van der Waals surface area (Å²) in [7, 11) is 0. The minimum Gasteiger partial charge on any atom is -0.472 e. The van der Waals surface area contributed by atoms with Crippen molar-refractivity contribution in [1.82, 2.24) is 10.3 Å². The summed E-state index contributed by atoms with van der Waals surface area (Å²) >= 11 is 1.48. The standard InChI is InChI=1S/C15H20N2O3S/c1-10(2)15(3,19)9-16-13(18)6-12-8-21-14(17-12)11-4-5-20-7-11/h4-5,7-8,10,19H,6,9H2,1-3H3,(H,16,18). The molecule has 0 spiro atoms. The van der Waals surface area contributed by atoms with Gasteiger partial charge in [0.15, 0.2) is 0 Å². The second-order valence-electron chi connectivity index (χ2n) is 5.62. The lowest BCUT2D eigenvalue weighted by atomic mass is 9.92. The molecule has 114 valence electrons. The number of carbonyl (C=O) groups is 1. The monoisotopic (exact) mass is 308 g/mol. The summed E-state index contributed by atoms with van der Waals surface area (Å²) in [5, 5.41) is 15.5. The second-order valence-corrected chi connectivity index (χ2v) is 6.48. The smallest absolute Gasteiger partial charge is 0.226 e. The SMILES string of the molecule is CC(C)C(C)(O)CNC(=O)Cc1csc(-c2ccoc2)n1. The number of nitrogens with one attached hydrogen (secondary N) is 1. The van der Waals surface area contributed by atoms with E-state index in [1.54, 1.807) is 19.5 Å². The molecule has 2 rings (SSSR count). The molecule has 6 heteroatoms. The van der Waals surface area contributed by atoms with Crippen molar-refractivity contribution in [1.29, 1.82) is 0 Å². The number of hydrogen-bond acceptors (Lipinski definition) is 5. The van der Waals surface area contributed by atoms with Crippen LogP contribution in [-0.2, 0) is 11.2 Å². The fraction of sp³-hybridized carbons (Fsp3) is 0.467. The van der Waals surface area contributed by atoms with Gasteiger partial charge in [0.1, 0.15) is 11.3 Å². The summed E-state index contributed by atoms with van der Waals surface area (Å²) in [6.07, 6.45) is 3.43. The van der Waals surface area contributed by atoms with Gasteiger partial charge in [0.2, 0.25) is 5.91 Å². The van der Waals surface area contributed by atoms with E-state index in [4.69, 9.17) is 4.42 Å². The molecule has 0 aliphatic heterocycles. The van der Waals surface area contributed by atoms with Crippen LogP contribution in [0.15, 0.2) is 28.4 Å². The third kappa shape index (κ3) is 4.15. The molecule has 0 aliphatic carbocycles. The predicted octanol–water partition coefficient (Wildman–Crippen LogP) is 2.47. The Bertz CT molecular complexity index is 588. The molecule has 0 radical (unpaired) electrons. The Hall–Kier alpha value is -1.66. The quantitative estimate of drug-likeness (QED) is 0.859. The molecule has 2 aromatic rings. The molecule has 0 aliphatic rings. The second kappa shape index (κ2) is 6.41. The molecule has 1 amide bonds. The van der Waals surface area contributed by atoms with Crippen LogP contribution < -0.4 is 5.32 Å². The third-order valence-corrected chi connectivity index (χ3v) is 4.49. The molecule has 0 saturated heterocycles. The maximum atomic E-state index is 11.9. The normalized spacial score (nSPS) is 14.1. The molecule has 0 fully saturated rings. The van der Waals surface area contributed by atoms with Crippen molar-refractivity contribution in [2.75, 3.05) is 6.54 Å². The van der Waals surface area contributed by atoms with E-state index in [1.807, 2.05) is 25.3 Å². The van der Waals surface area contributed by atoms with Crippen LogP contribution in [0.5, 0.6) is 0 Å². The first-order valence-electron chi connectivity index (χ1n) is 6.84. The number of carbonyl (C=O) groups excluding carboxylic acids is 1. The van der Waals surface area contributed by atoms with E-state index >= 15 is 0 Å². The molecule has 2 heterocycles. The number of nitrogens with zero attached hydrogens (tertiary/aromatic N) is 1. The molecular formula is C15H20N2O3S. The van der Waals surface area contributed by atoms with Crippen LogP contribution in [0, 0.1) is 5.92 Å². The molecule has 0 saturated carbocycles. The number of aromatic nitrogens is 1. The number of rotatable bonds is 6. The van der Waals surface area contributed by atoms with Crippen molar-refractivity contribution in [2.45, 2.75) is 32.8 Å². The molecule has 1 unspecified atom stereocenters. The van der Waals surface area contributed by atoms with Crippen molar-refractivity contribution in [3.63, 3.8) is 0 Å². The van der Waals surface area contributed by atoms with Gasteiger partial charge in [-0.3, -0.25) is 4.79 Å². The topological polar surface area (TPSA) is 75.4 Å². The molecular weight excluding hydrogens is 288 g/mol. The highest BCUT2D eigenvalue weighted by atomic mass is 32.1. The van der Waals surface area contributed by atoms with E-state index in [2.05, 4.69) is 10.3 Å². The summed E-state index contributed by atoms with van der Waals surface area (Å²) in [6.45, 7) is 5.80. The van der Waals surface area contributed by atoms with Gasteiger partial charge in [-0.25, -0.2) is 4.98 Å². The van der Waals surface area contributed by atoms with Gasteiger partial charge < -0.3 is 14.8 Å². The summed E-state index contributed by atoms with van der Waals surface area (Å²) in [5.74, 6) is -0.0651. The number of aliphatic hydroxyl groups is 1. The highest BCUT2D eigenvalue weighted by molar-refractivity contribution is 7.13. The van der Waals surface area contributed by atoms with Gasteiger partial charge >= 0.3 is 0 Å². The lowest BCUT2D eigenvalue weighted by molar-refractivity contribution is -0.122. The van der Waals surface area contributed by atoms with Gasteiger partial charge in [0, 0.05) is 17.5 Å². The van der Waals surface area contributed by atoms with Crippen molar-refractivity contribution in [2.24, 2.45) is 5.92 Å². The Balaban J connectivity index is 1.89. The largest absolute Gasteiger partial charge is 0.472 e. The Kier molecular flexibility index (Phi) is 4.80. The van der Waals surface area contributed by atoms with Crippen LogP contribution in [0.2, 0.25) is 0 Å². The van der Waals surface area contributed by atoms with Gasteiger partial charge in [-0.05, 0) is 18.9 Å². The number of hydrogen-bond donors (Lipinski definition) is 2. The van der Waals surface area contributed by atoms with Crippen LogP contribution >= 0.6 is 11.3 Å². The van der Waals surface area contributed by atoms with Crippen LogP contribution in [-0.4, -0.2) is 28.1 Å². The average molecular weight is 308 g/mol. The maximum absolute atomic E-state index is 11.9. The first-order chi connectivity index (χ1) is 9.88. The highest BCUT2D eigenvalue weighted by Crippen LogP contribution is 2.24. The minimum absolute atomic E-state index is 0.0739. The molecule has 2 N–H and O–H groups in total. The van der Waals surface area contributed by atoms with Gasteiger partial charge in [0.05, 0.1) is 24.0 Å². The Morgan fingerprint density at radius 2 is 2.33 bits per heavy atom. The molecule has 0 bridgehead atoms. The van der Waals surface area contributed by atoms with E-state index in [-0.39, 0.29) is 24.8 Å². The highest BCUT2D eigenvalue weighted by Gasteiger charge is 2.25. The first-order valence-corrected chi connectivity index (χ1v) is 7.72. The van der Waals surface area contributed by atoms with Crippen LogP contribution in [0.4, 0.5) is 0 Å². The van der Waals surface area contributed by atoms with E-state index < -0.39 is 5.60 Å². The number of amides is 1. The zero-order chi connectivity index (χ0) is 15.5. The van der Waals surface area contributed by atoms with Crippen molar-refractivity contribution >= 4 is 17.2 Å². The minimum atomic E-state index is -0.903. The summed E-state index contributed by atoms with van der Waals surface area (Å²) in [6, 6.07) is 1.84. The average Bonchev–Trinajstić information content (AvgIpc) is 3.06. The molecule has 5 nitrogen and oxygen atoms in total.